The van der Waals surface area contributed by atoms with Crippen LogP contribution in [0.2, 0.25) is 0 Å². The molecule has 0 aromatic heterocycles. The number of carboxylic acids is 2. The van der Waals surface area contributed by atoms with Crippen molar-refractivity contribution < 1.29 is 28.2 Å². The second kappa shape index (κ2) is 4.61. The number of sulfone groups is 1. The first-order valence-electron chi connectivity index (χ1n) is 5.01. The summed E-state index contributed by atoms with van der Waals surface area (Å²) in [7, 11) is -3.26. The van der Waals surface area contributed by atoms with Crippen LogP contribution in [0.25, 0.3) is 0 Å². The molecule has 1 unspecified atom stereocenters. The van der Waals surface area contributed by atoms with Crippen molar-refractivity contribution in [3.05, 3.63) is 0 Å². The third-order valence-corrected chi connectivity index (χ3v) is 3.99. The van der Waals surface area contributed by atoms with Crippen LogP contribution in [0.4, 0.5) is 0 Å². The lowest BCUT2D eigenvalue weighted by atomic mass is 10.1. The molecule has 17 heavy (non-hydrogen) atoms. The summed E-state index contributed by atoms with van der Waals surface area (Å²) in [6.07, 6.45) is 0.790. The number of carboxylic acid groups (broad SMARTS) is 2. The van der Waals surface area contributed by atoms with E-state index in [0.717, 1.165) is 6.26 Å². The SMILES string of the molecule is CS(=O)(=O)C[C@H]1[C@H](CC(=O)O)[C@H]1C(N)C(=O)O. The predicted octanol–water partition coefficient (Wildman–Crippen LogP) is -1.22. The van der Waals surface area contributed by atoms with E-state index in [9.17, 15) is 18.0 Å². The van der Waals surface area contributed by atoms with Gasteiger partial charge in [-0.2, -0.15) is 0 Å². The number of rotatable bonds is 6. The number of hydrogen-bond donors (Lipinski definition) is 3. The van der Waals surface area contributed by atoms with Crippen molar-refractivity contribution in [2.24, 2.45) is 23.5 Å². The highest BCUT2D eigenvalue weighted by molar-refractivity contribution is 7.90. The molecule has 1 rings (SSSR count). The maximum atomic E-state index is 11.1. The lowest BCUT2D eigenvalue weighted by Crippen LogP contribution is -2.34. The molecule has 1 fully saturated rings. The van der Waals surface area contributed by atoms with Gasteiger partial charge in [0.1, 0.15) is 15.9 Å². The van der Waals surface area contributed by atoms with E-state index in [1.54, 1.807) is 0 Å². The van der Waals surface area contributed by atoms with Crippen LogP contribution in [-0.4, -0.2) is 48.6 Å². The normalized spacial score (nSPS) is 29.6. The van der Waals surface area contributed by atoms with Gasteiger partial charge in [-0.05, 0) is 17.8 Å². The second-order valence-electron chi connectivity index (χ2n) is 4.46. The molecule has 0 radical (unpaired) electrons. The Labute approximate surface area is 98.5 Å². The zero-order valence-electron chi connectivity index (χ0n) is 9.24. The molecule has 0 heterocycles. The van der Waals surface area contributed by atoms with Crippen LogP contribution >= 0.6 is 0 Å². The summed E-state index contributed by atoms with van der Waals surface area (Å²) in [5.41, 5.74) is 5.41. The lowest BCUT2D eigenvalue weighted by Gasteiger charge is -2.04. The molecule has 1 saturated carbocycles. The third-order valence-electron chi connectivity index (χ3n) is 3.00. The van der Waals surface area contributed by atoms with Crippen molar-refractivity contribution in [2.75, 3.05) is 12.0 Å². The number of hydrogen-bond acceptors (Lipinski definition) is 5. The average Bonchev–Trinajstić information content (AvgIpc) is 2.72. The lowest BCUT2D eigenvalue weighted by molar-refractivity contribution is -0.140. The van der Waals surface area contributed by atoms with Crippen LogP contribution < -0.4 is 5.73 Å². The van der Waals surface area contributed by atoms with Gasteiger partial charge in [-0.15, -0.1) is 0 Å². The van der Waals surface area contributed by atoms with Gasteiger partial charge in [-0.25, -0.2) is 8.42 Å². The van der Waals surface area contributed by atoms with E-state index in [-0.39, 0.29) is 12.2 Å². The monoisotopic (exact) mass is 265 g/mol. The topological polar surface area (TPSA) is 135 Å². The van der Waals surface area contributed by atoms with E-state index in [1.165, 1.54) is 0 Å². The average molecular weight is 265 g/mol. The van der Waals surface area contributed by atoms with Gasteiger partial charge in [-0.1, -0.05) is 0 Å². The highest BCUT2D eigenvalue weighted by atomic mass is 32.2. The van der Waals surface area contributed by atoms with Crippen molar-refractivity contribution in [3.63, 3.8) is 0 Å². The van der Waals surface area contributed by atoms with E-state index in [1.807, 2.05) is 0 Å². The Balaban J connectivity index is 2.74. The van der Waals surface area contributed by atoms with Crippen LogP contribution in [0.3, 0.4) is 0 Å². The summed E-state index contributed by atoms with van der Waals surface area (Å²) in [6.45, 7) is 0. The molecule has 4 N–H and O–H groups in total. The van der Waals surface area contributed by atoms with Crippen molar-refractivity contribution in [2.45, 2.75) is 12.5 Å². The van der Waals surface area contributed by atoms with Crippen molar-refractivity contribution in [1.29, 1.82) is 0 Å². The quantitative estimate of drug-likeness (QED) is 0.547. The highest BCUT2D eigenvalue weighted by Gasteiger charge is 2.56. The van der Waals surface area contributed by atoms with Crippen molar-refractivity contribution in [3.8, 4) is 0 Å². The molecule has 0 aromatic carbocycles. The van der Waals surface area contributed by atoms with Gasteiger partial charge in [-0.3, -0.25) is 9.59 Å². The van der Waals surface area contributed by atoms with Crippen LogP contribution in [-0.2, 0) is 19.4 Å². The van der Waals surface area contributed by atoms with E-state index >= 15 is 0 Å². The van der Waals surface area contributed by atoms with Gasteiger partial charge in [0.25, 0.3) is 0 Å². The maximum Gasteiger partial charge on any atom is 0.320 e. The number of nitrogens with two attached hydrogens (primary N) is 1. The van der Waals surface area contributed by atoms with Crippen molar-refractivity contribution >= 4 is 21.8 Å². The molecule has 0 aliphatic heterocycles. The summed E-state index contributed by atoms with van der Waals surface area (Å²) >= 11 is 0. The van der Waals surface area contributed by atoms with Gasteiger partial charge in [0.2, 0.25) is 0 Å². The van der Waals surface area contributed by atoms with Crippen molar-refractivity contribution in [1.82, 2.24) is 0 Å². The largest absolute Gasteiger partial charge is 0.481 e. The fourth-order valence-electron chi connectivity index (χ4n) is 2.25. The highest BCUT2D eigenvalue weighted by Crippen LogP contribution is 2.50. The summed E-state index contributed by atoms with van der Waals surface area (Å²) < 4.78 is 22.2. The number of carbonyl (C=O) groups is 2. The van der Waals surface area contributed by atoms with E-state index in [4.69, 9.17) is 15.9 Å². The summed E-state index contributed by atoms with van der Waals surface area (Å²) in [5.74, 6) is -4.02. The molecular weight excluding hydrogens is 250 g/mol. The minimum Gasteiger partial charge on any atom is -0.481 e. The molecule has 0 amide bonds. The molecule has 1 aliphatic rings. The summed E-state index contributed by atoms with van der Waals surface area (Å²) in [4.78, 5) is 21.3. The zero-order chi connectivity index (χ0) is 13.4. The smallest absolute Gasteiger partial charge is 0.320 e. The molecule has 1 aliphatic carbocycles. The molecule has 98 valence electrons. The van der Waals surface area contributed by atoms with Crippen LogP contribution in [0.5, 0.6) is 0 Å². The Morgan fingerprint density at radius 1 is 1.29 bits per heavy atom. The third kappa shape index (κ3) is 3.67. The van der Waals surface area contributed by atoms with E-state index < -0.39 is 45.6 Å². The fourth-order valence-corrected chi connectivity index (χ4v) is 3.41. The standard InChI is InChI=1S/C9H15NO6S/c1-17(15,16)3-5-4(2-6(11)12)7(5)8(10)9(13)14/h4-5,7-8H,2-3,10H2,1H3,(H,11,12)(H,13,14)/t4-,5-,7+,8?/m0/s1. The summed E-state index contributed by atoms with van der Waals surface area (Å²) in [5, 5.41) is 17.4. The number of aliphatic carboxylic acids is 2. The van der Waals surface area contributed by atoms with Crippen LogP contribution in [0.15, 0.2) is 0 Å². The Kier molecular flexibility index (Phi) is 3.78. The second-order valence-corrected chi connectivity index (χ2v) is 6.64. The summed E-state index contributed by atoms with van der Waals surface area (Å²) in [6, 6.07) is -1.20. The van der Waals surface area contributed by atoms with E-state index in [0.29, 0.717) is 0 Å². The Morgan fingerprint density at radius 3 is 2.18 bits per heavy atom. The minimum atomic E-state index is -3.26. The van der Waals surface area contributed by atoms with E-state index in [2.05, 4.69) is 0 Å². The molecular formula is C9H15NO6S. The van der Waals surface area contributed by atoms with Gasteiger partial charge < -0.3 is 15.9 Å². The molecule has 8 heteroatoms. The molecule has 7 nitrogen and oxygen atoms in total. The Bertz CT molecular complexity index is 431. The van der Waals surface area contributed by atoms with Crippen LogP contribution in [0.1, 0.15) is 6.42 Å². The van der Waals surface area contributed by atoms with Gasteiger partial charge in [0.15, 0.2) is 0 Å². The Morgan fingerprint density at radius 2 is 1.82 bits per heavy atom. The van der Waals surface area contributed by atoms with Gasteiger partial charge in [0, 0.05) is 12.7 Å². The molecule has 4 atom stereocenters. The first-order valence-corrected chi connectivity index (χ1v) is 7.07. The molecule has 0 bridgehead atoms. The fraction of sp³-hybridized carbons (Fsp3) is 0.778. The Hall–Kier alpha value is -1.15. The molecule has 0 spiro atoms. The molecule has 0 saturated heterocycles. The van der Waals surface area contributed by atoms with Crippen LogP contribution in [0, 0.1) is 17.8 Å². The van der Waals surface area contributed by atoms with Gasteiger partial charge in [0.05, 0.1) is 5.75 Å². The predicted molar refractivity (Wildman–Crippen MR) is 58.0 cm³/mol. The first-order chi connectivity index (χ1) is 7.63. The minimum absolute atomic E-state index is 0.212. The first kappa shape index (κ1) is 13.9. The molecule has 0 aromatic rings. The maximum absolute atomic E-state index is 11.1. The van der Waals surface area contributed by atoms with Gasteiger partial charge >= 0.3 is 11.9 Å². The zero-order valence-corrected chi connectivity index (χ0v) is 10.1.